The van der Waals surface area contributed by atoms with E-state index in [0.717, 1.165) is 26.8 Å². The van der Waals surface area contributed by atoms with Gasteiger partial charge in [-0.05, 0) is 79.9 Å². The van der Waals surface area contributed by atoms with Crippen LogP contribution in [-0.2, 0) is 19.0 Å². The molecule has 1 aliphatic carbocycles. The van der Waals surface area contributed by atoms with Crippen molar-refractivity contribution in [2.45, 2.75) is 38.6 Å². The molecule has 0 spiro atoms. The highest BCUT2D eigenvalue weighted by Gasteiger charge is 2.57. The smallest absolute Gasteiger partial charge is 0.455 e. The molecule has 2 aromatic carbocycles. The molecule has 38 heavy (non-hydrogen) atoms. The van der Waals surface area contributed by atoms with Crippen molar-refractivity contribution in [3.63, 3.8) is 0 Å². The lowest BCUT2D eigenvalue weighted by atomic mass is 9.58. The minimum atomic E-state index is -1.02. The quantitative estimate of drug-likeness (QED) is 0.273. The summed E-state index contributed by atoms with van der Waals surface area (Å²) >= 11 is 3.44. The highest BCUT2D eigenvalue weighted by atomic mass is 79.9. The van der Waals surface area contributed by atoms with Gasteiger partial charge in [-0.25, -0.2) is 0 Å². The maximum atomic E-state index is 13.7. The number of imide groups is 1. The molecule has 0 bridgehead atoms. The van der Waals surface area contributed by atoms with Crippen molar-refractivity contribution in [2.24, 2.45) is 17.8 Å². The van der Waals surface area contributed by atoms with Crippen molar-refractivity contribution in [3.8, 4) is 5.75 Å². The minimum absolute atomic E-state index is 0.191. The molecule has 4 atom stereocenters. The molecule has 2 N–H and O–H groups in total. The number of fused-ring (bicyclic) bond motifs is 3. The molecule has 2 aliphatic heterocycles. The zero-order valence-corrected chi connectivity index (χ0v) is 23.1. The second kappa shape index (κ2) is 11.2. The summed E-state index contributed by atoms with van der Waals surface area (Å²) in [5, 5.41) is 20.9. The molecule has 0 radical (unpaired) electrons. The van der Waals surface area contributed by atoms with Crippen LogP contribution in [0.2, 0.25) is 6.32 Å². The highest BCUT2D eigenvalue weighted by molar-refractivity contribution is 9.10. The van der Waals surface area contributed by atoms with Crippen molar-refractivity contribution in [1.82, 2.24) is 0 Å². The topological polar surface area (TPSA) is 96.3 Å². The molecule has 5 rings (SSSR count). The van der Waals surface area contributed by atoms with E-state index in [1.54, 1.807) is 31.4 Å². The number of anilines is 1. The van der Waals surface area contributed by atoms with E-state index in [0.29, 0.717) is 31.6 Å². The SMILES string of the molecule is COCC1=C2[C@@H](CC/C(C)=C/c3cc(Br)ccc3O)OB(O)C[C@@H]2[C@@H]2C(=O)N(c3ccccc3)C(=O)[C@@H]2C1. The summed E-state index contributed by atoms with van der Waals surface area (Å²) in [6.45, 7) is 2.34. The van der Waals surface area contributed by atoms with E-state index in [2.05, 4.69) is 15.9 Å². The van der Waals surface area contributed by atoms with Gasteiger partial charge in [0.05, 0.1) is 30.2 Å². The summed E-state index contributed by atoms with van der Waals surface area (Å²) in [4.78, 5) is 28.5. The van der Waals surface area contributed by atoms with Gasteiger partial charge in [-0.3, -0.25) is 14.5 Å². The molecular formula is C29H31BBrNO6. The lowest BCUT2D eigenvalue weighted by Crippen LogP contribution is -2.46. The number of methoxy groups -OCH3 is 1. The Morgan fingerprint density at radius 3 is 2.68 bits per heavy atom. The van der Waals surface area contributed by atoms with Crippen LogP contribution in [0.25, 0.3) is 6.08 Å². The van der Waals surface area contributed by atoms with E-state index in [4.69, 9.17) is 9.39 Å². The number of rotatable bonds is 7. The number of carbonyl (C=O) groups is 2. The summed E-state index contributed by atoms with van der Waals surface area (Å²) in [6, 6.07) is 14.3. The van der Waals surface area contributed by atoms with Gasteiger partial charge in [0.15, 0.2) is 0 Å². The Hall–Kier alpha value is -2.72. The van der Waals surface area contributed by atoms with Gasteiger partial charge in [0, 0.05) is 17.1 Å². The summed E-state index contributed by atoms with van der Waals surface area (Å²) < 4.78 is 12.5. The summed E-state index contributed by atoms with van der Waals surface area (Å²) in [5.74, 6) is -1.50. The molecule has 0 aromatic heterocycles. The molecule has 7 nitrogen and oxygen atoms in total. The number of phenols is 1. The van der Waals surface area contributed by atoms with Crippen LogP contribution in [0.3, 0.4) is 0 Å². The summed E-state index contributed by atoms with van der Waals surface area (Å²) in [6.07, 6.45) is 3.50. The van der Waals surface area contributed by atoms with Crippen LogP contribution in [0, 0.1) is 17.8 Å². The average Bonchev–Trinajstić information content (AvgIpc) is 3.14. The van der Waals surface area contributed by atoms with Crippen LogP contribution in [0.1, 0.15) is 31.7 Å². The zero-order valence-electron chi connectivity index (χ0n) is 21.5. The van der Waals surface area contributed by atoms with Crippen molar-refractivity contribution >= 4 is 46.6 Å². The predicted molar refractivity (Wildman–Crippen MR) is 149 cm³/mol. The van der Waals surface area contributed by atoms with Gasteiger partial charge in [-0.15, -0.1) is 0 Å². The second-order valence-electron chi connectivity index (χ2n) is 10.3. The van der Waals surface area contributed by atoms with E-state index < -0.39 is 25.1 Å². The number of para-hydroxylation sites is 1. The van der Waals surface area contributed by atoms with Gasteiger partial charge in [-0.1, -0.05) is 45.8 Å². The monoisotopic (exact) mass is 579 g/mol. The molecule has 3 aliphatic rings. The first-order chi connectivity index (χ1) is 18.3. The maximum Gasteiger partial charge on any atom is 0.455 e. The molecule has 2 heterocycles. The lowest BCUT2D eigenvalue weighted by molar-refractivity contribution is -0.122. The number of allylic oxidation sites excluding steroid dienone is 1. The van der Waals surface area contributed by atoms with Crippen LogP contribution in [-0.4, -0.2) is 48.9 Å². The summed E-state index contributed by atoms with van der Waals surface area (Å²) in [5.41, 5.74) is 4.32. The van der Waals surface area contributed by atoms with E-state index in [9.17, 15) is 19.7 Å². The van der Waals surface area contributed by atoms with Gasteiger partial charge >= 0.3 is 7.12 Å². The second-order valence-corrected chi connectivity index (χ2v) is 11.2. The number of amides is 2. The molecular weight excluding hydrogens is 549 g/mol. The fourth-order valence-corrected chi connectivity index (χ4v) is 6.62. The van der Waals surface area contributed by atoms with Crippen LogP contribution < -0.4 is 4.90 Å². The molecule has 0 saturated carbocycles. The lowest BCUT2D eigenvalue weighted by Gasteiger charge is -2.43. The Kier molecular flexibility index (Phi) is 7.91. The fraction of sp³-hybridized carbons (Fsp3) is 0.379. The maximum absolute atomic E-state index is 13.7. The summed E-state index contributed by atoms with van der Waals surface area (Å²) in [7, 11) is 0.598. The van der Waals surface area contributed by atoms with Crippen LogP contribution in [0.15, 0.2) is 69.7 Å². The number of benzene rings is 2. The molecule has 0 unspecified atom stereocenters. The zero-order chi connectivity index (χ0) is 27.0. The largest absolute Gasteiger partial charge is 0.507 e. The Balaban J connectivity index is 1.43. The first-order valence-electron chi connectivity index (χ1n) is 12.9. The molecule has 2 aromatic rings. The first-order valence-corrected chi connectivity index (χ1v) is 13.7. The Bertz CT molecular complexity index is 1300. The van der Waals surface area contributed by atoms with Gasteiger partial charge in [0.2, 0.25) is 11.8 Å². The number of hydrogen-bond acceptors (Lipinski definition) is 6. The number of ether oxygens (including phenoxy) is 1. The molecule has 2 amide bonds. The van der Waals surface area contributed by atoms with Gasteiger partial charge in [0.25, 0.3) is 0 Å². The number of hydrogen-bond donors (Lipinski definition) is 2. The van der Waals surface area contributed by atoms with Crippen LogP contribution >= 0.6 is 15.9 Å². The molecule has 2 fully saturated rings. The van der Waals surface area contributed by atoms with Gasteiger partial charge < -0.3 is 19.5 Å². The van der Waals surface area contributed by atoms with Crippen molar-refractivity contribution in [3.05, 3.63) is 75.3 Å². The molecule has 2 saturated heterocycles. The molecule has 198 valence electrons. The van der Waals surface area contributed by atoms with E-state index in [1.165, 1.54) is 4.90 Å². The third-order valence-electron chi connectivity index (χ3n) is 7.83. The van der Waals surface area contributed by atoms with Crippen LogP contribution in [0.5, 0.6) is 5.75 Å². The predicted octanol–water partition coefficient (Wildman–Crippen LogP) is 4.99. The fourth-order valence-electron chi connectivity index (χ4n) is 6.24. The highest BCUT2D eigenvalue weighted by Crippen LogP contribution is 2.51. The normalized spacial score (nSPS) is 25.6. The van der Waals surface area contributed by atoms with Crippen LogP contribution in [0.4, 0.5) is 5.69 Å². The van der Waals surface area contributed by atoms with Crippen molar-refractivity contribution < 1.29 is 29.1 Å². The third-order valence-corrected chi connectivity index (χ3v) is 8.33. The van der Waals surface area contributed by atoms with E-state index in [-0.39, 0.29) is 29.8 Å². The minimum Gasteiger partial charge on any atom is -0.507 e. The Morgan fingerprint density at radius 2 is 1.95 bits per heavy atom. The number of aromatic hydroxyl groups is 1. The van der Waals surface area contributed by atoms with Gasteiger partial charge in [0.1, 0.15) is 5.75 Å². The molecule has 9 heteroatoms. The first kappa shape index (κ1) is 26.9. The van der Waals surface area contributed by atoms with E-state index >= 15 is 0 Å². The van der Waals surface area contributed by atoms with Crippen molar-refractivity contribution in [1.29, 1.82) is 0 Å². The standard InChI is InChI=1S/C29H31BBrNO6/c1-17(12-18-13-20(31)9-10-24(18)33)8-11-25-26-19(16-37-2)14-22-27(23(26)15-30(36)38-25)29(35)32(28(22)34)21-6-4-3-5-7-21/h3-7,9-10,12-13,22-23,25,27,33,36H,8,11,14-16H2,1-2H3/b17-12+/t22-,23+,25-,27-/m1/s1. The Labute approximate surface area is 231 Å². The number of nitrogens with zero attached hydrogens (tertiary/aromatic N) is 1. The number of phenolic OH excluding ortho intramolecular Hbond substituents is 1. The third kappa shape index (κ3) is 5.12. The average molecular weight is 580 g/mol. The number of carbonyl (C=O) groups excluding carboxylic acids is 2. The van der Waals surface area contributed by atoms with Gasteiger partial charge in [-0.2, -0.15) is 0 Å². The number of halogens is 1. The van der Waals surface area contributed by atoms with E-state index in [1.807, 2.05) is 37.3 Å². The Morgan fingerprint density at radius 1 is 1.18 bits per heavy atom. The van der Waals surface area contributed by atoms with Crippen molar-refractivity contribution in [2.75, 3.05) is 18.6 Å².